The Morgan fingerprint density at radius 1 is 1.04 bits per heavy atom. The molecular weight excluding hydrogens is 381 g/mol. The van der Waals surface area contributed by atoms with E-state index in [9.17, 15) is 14.4 Å². The van der Waals surface area contributed by atoms with Crippen molar-refractivity contribution in [2.24, 2.45) is 5.92 Å². The molecule has 0 saturated heterocycles. The molecule has 0 unspecified atom stereocenters. The highest BCUT2D eigenvalue weighted by Crippen LogP contribution is 2.33. The molecule has 0 fully saturated rings. The molecule has 0 amide bonds. The smallest absolute Gasteiger partial charge is 0.317 e. The maximum absolute atomic E-state index is 12.9. The van der Waals surface area contributed by atoms with E-state index >= 15 is 0 Å². The molecule has 0 saturated carbocycles. The zero-order chi connectivity index (χ0) is 19.6. The van der Waals surface area contributed by atoms with Crippen LogP contribution in [-0.2, 0) is 16.1 Å². The van der Waals surface area contributed by atoms with Crippen molar-refractivity contribution in [2.75, 3.05) is 0 Å². The zero-order valence-electron chi connectivity index (χ0n) is 14.1. The number of carbonyl (C=O) groups is 3. The Kier molecular flexibility index (Phi) is 6.10. The molecule has 1 aromatic carbocycles. The number of carboxylic acids is 2. The number of aliphatic carboxylic acids is 2. The Morgan fingerprint density at radius 3 is 2.08 bits per heavy atom. The van der Waals surface area contributed by atoms with Crippen LogP contribution in [-0.4, -0.2) is 32.5 Å². The van der Waals surface area contributed by atoms with E-state index in [-0.39, 0.29) is 34.6 Å². The molecule has 138 valence electrons. The molecule has 2 N–H and O–H groups in total. The highest BCUT2D eigenvalue weighted by molar-refractivity contribution is 6.42. The molecule has 2 aromatic rings. The van der Waals surface area contributed by atoms with Gasteiger partial charge in [0.1, 0.15) is 5.15 Å². The Morgan fingerprint density at radius 2 is 1.58 bits per heavy atom. The summed E-state index contributed by atoms with van der Waals surface area (Å²) in [5.41, 5.74) is 2.11. The second kappa shape index (κ2) is 7.93. The van der Waals surface area contributed by atoms with Crippen LogP contribution in [0.5, 0.6) is 0 Å². The summed E-state index contributed by atoms with van der Waals surface area (Å²) in [5.74, 6) is -4.82. The van der Waals surface area contributed by atoms with Crippen molar-refractivity contribution >= 4 is 40.9 Å². The third-order valence-electron chi connectivity index (χ3n) is 4.14. The summed E-state index contributed by atoms with van der Waals surface area (Å²) < 4.78 is 1.38. The predicted molar refractivity (Wildman–Crippen MR) is 97.2 cm³/mol. The van der Waals surface area contributed by atoms with Crippen LogP contribution in [0.4, 0.5) is 0 Å². The Hall–Kier alpha value is -2.31. The largest absolute Gasteiger partial charge is 0.481 e. The van der Waals surface area contributed by atoms with E-state index in [0.29, 0.717) is 11.1 Å². The molecular formula is C18H17Cl2NO5. The van der Waals surface area contributed by atoms with Gasteiger partial charge in [0.05, 0.1) is 10.7 Å². The zero-order valence-corrected chi connectivity index (χ0v) is 15.6. The molecule has 0 atom stereocenters. The number of hydrogen-bond donors (Lipinski definition) is 2. The van der Waals surface area contributed by atoms with E-state index in [4.69, 9.17) is 33.4 Å². The Bertz CT molecular complexity index is 857. The summed E-state index contributed by atoms with van der Waals surface area (Å²) in [5, 5.41) is 18.3. The van der Waals surface area contributed by atoms with Gasteiger partial charge in [-0.3, -0.25) is 14.4 Å². The lowest BCUT2D eigenvalue weighted by Gasteiger charge is -2.13. The van der Waals surface area contributed by atoms with Crippen molar-refractivity contribution in [3.8, 4) is 0 Å². The number of ketones is 1. The van der Waals surface area contributed by atoms with Crippen molar-refractivity contribution in [1.29, 1.82) is 0 Å². The molecule has 8 heteroatoms. The van der Waals surface area contributed by atoms with Crippen LogP contribution in [0.2, 0.25) is 10.2 Å². The summed E-state index contributed by atoms with van der Waals surface area (Å²) >= 11 is 12.4. The van der Waals surface area contributed by atoms with E-state index in [1.54, 1.807) is 31.2 Å². The van der Waals surface area contributed by atoms with Crippen LogP contribution in [0.25, 0.3) is 0 Å². The van der Waals surface area contributed by atoms with Crippen molar-refractivity contribution in [3.05, 3.63) is 56.8 Å². The molecule has 6 nitrogen and oxygen atoms in total. The lowest BCUT2D eigenvalue weighted by atomic mass is 10.0. The summed E-state index contributed by atoms with van der Waals surface area (Å²) in [7, 11) is 0. The van der Waals surface area contributed by atoms with E-state index in [1.807, 2.05) is 6.92 Å². The van der Waals surface area contributed by atoms with Gasteiger partial charge in [0.25, 0.3) is 0 Å². The molecule has 0 radical (unpaired) electrons. The van der Waals surface area contributed by atoms with Gasteiger partial charge in [-0.15, -0.1) is 0 Å². The second-order valence-corrected chi connectivity index (χ2v) is 6.68. The molecule has 0 bridgehead atoms. The van der Waals surface area contributed by atoms with E-state index < -0.39 is 17.9 Å². The first-order valence-corrected chi connectivity index (χ1v) is 8.51. The van der Waals surface area contributed by atoms with Crippen LogP contribution in [0.15, 0.2) is 24.3 Å². The Labute approximate surface area is 160 Å². The molecule has 0 aliphatic heterocycles. The van der Waals surface area contributed by atoms with E-state index in [0.717, 1.165) is 5.56 Å². The first-order valence-electron chi connectivity index (χ1n) is 7.76. The molecule has 1 aromatic heterocycles. The SMILES string of the molecule is Cc1ccc(C(=O)c2c(C)c(Cl)c(Cl)n2CCC(C(=O)O)C(=O)O)cc1. The average molecular weight is 398 g/mol. The van der Waals surface area contributed by atoms with Crippen molar-refractivity contribution in [2.45, 2.75) is 26.8 Å². The number of aromatic nitrogens is 1. The normalized spacial score (nSPS) is 11.0. The minimum atomic E-state index is -1.60. The number of nitrogens with zero attached hydrogens (tertiary/aromatic N) is 1. The summed E-state index contributed by atoms with van der Waals surface area (Å²) in [6.07, 6.45) is -0.233. The van der Waals surface area contributed by atoms with Gasteiger partial charge in [-0.2, -0.15) is 0 Å². The number of halogens is 2. The average Bonchev–Trinajstić information content (AvgIpc) is 2.78. The fourth-order valence-electron chi connectivity index (χ4n) is 2.63. The number of rotatable bonds is 7. The molecule has 2 rings (SSSR count). The fraction of sp³-hybridized carbons (Fsp3) is 0.278. The quantitative estimate of drug-likeness (QED) is 0.546. The highest BCUT2D eigenvalue weighted by Gasteiger charge is 2.28. The first kappa shape index (κ1) is 20.0. The van der Waals surface area contributed by atoms with Crippen molar-refractivity contribution < 1.29 is 24.6 Å². The molecule has 26 heavy (non-hydrogen) atoms. The number of carbonyl (C=O) groups excluding carboxylic acids is 1. The van der Waals surface area contributed by atoms with E-state index in [1.165, 1.54) is 4.57 Å². The van der Waals surface area contributed by atoms with E-state index in [2.05, 4.69) is 0 Å². The van der Waals surface area contributed by atoms with Crippen LogP contribution < -0.4 is 0 Å². The monoisotopic (exact) mass is 397 g/mol. The third kappa shape index (κ3) is 3.92. The van der Waals surface area contributed by atoms with Crippen LogP contribution in [0.1, 0.15) is 33.6 Å². The number of carboxylic acid groups (broad SMARTS) is 2. The first-order chi connectivity index (χ1) is 12.1. The Balaban J connectivity index is 2.42. The van der Waals surface area contributed by atoms with Gasteiger partial charge in [-0.25, -0.2) is 0 Å². The number of hydrogen-bond acceptors (Lipinski definition) is 3. The van der Waals surface area contributed by atoms with Gasteiger partial charge in [0.2, 0.25) is 5.78 Å². The summed E-state index contributed by atoms with van der Waals surface area (Å²) in [6.45, 7) is 3.47. The van der Waals surface area contributed by atoms with Crippen LogP contribution in [0, 0.1) is 19.8 Å². The van der Waals surface area contributed by atoms with Gasteiger partial charge in [0.15, 0.2) is 5.92 Å². The van der Waals surface area contributed by atoms with Gasteiger partial charge < -0.3 is 14.8 Å². The second-order valence-electron chi connectivity index (χ2n) is 5.94. The minimum Gasteiger partial charge on any atom is -0.481 e. The van der Waals surface area contributed by atoms with Crippen molar-refractivity contribution in [3.63, 3.8) is 0 Å². The highest BCUT2D eigenvalue weighted by atomic mass is 35.5. The standard InChI is InChI=1S/C18H17Cl2NO5/c1-9-3-5-11(6-4-9)15(22)14-10(2)13(19)16(20)21(14)8-7-12(17(23)24)18(25)26/h3-6,12H,7-8H2,1-2H3,(H,23,24)(H,25,26). The molecule has 1 heterocycles. The van der Waals surface area contributed by atoms with Gasteiger partial charge in [-0.1, -0.05) is 53.0 Å². The topological polar surface area (TPSA) is 96.6 Å². The summed E-state index contributed by atoms with van der Waals surface area (Å²) in [6, 6.07) is 6.94. The number of aryl methyl sites for hydroxylation is 1. The fourth-order valence-corrected chi connectivity index (χ4v) is 3.14. The van der Waals surface area contributed by atoms with Crippen LogP contribution >= 0.6 is 23.2 Å². The molecule has 0 aliphatic carbocycles. The minimum absolute atomic E-state index is 0.0669. The molecule has 0 aliphatic rings. The van der Waals surface area contributed by atoms with Gasteiger partial charge in [0, 0.05) is 12.1 Å². The molecule has 0 spiro atoms. The third-order valence-corrected chi connectivity index (χ3v) is 5.09. The van der Waals surface area contributed by atoms with Crippen molar-refractivity contribution in [1.82, 2.24) is 4.57 Å². The number of benzene rings is 1. The van der Waals surface area contributed by atoms with Gasteiger partial charge >= 0.3 is 11.9 Å². The lowest BCUT2D eigenvalue weighted by Crippen LogP contribution is -2.25. The lowest BCUT2D eigenvalue weighted by molar-refractivity contribution is -0.154. The predicted octanol–water partition coefficient (Wildman–Crippen LogP) is 3.82. The maximum atomic E-state index is 12.9. The summed E-state index contributed by atoms with van der Waals surface area (Å²) in [4.78, 5) is 35.1. The van der Waals surface area contributed by atoms with Crippen LogP contribution in [0.3, 0.4) is 0 Å². The maximum Gasteiger partial charge on any atom is 0.317 e. The van der Waals surface area contributed by atoms with Gasteiger partial charge in [-0.05, 0) is 25.8 Å².